The Hall–Kier alpha value is -2.65. The number of aliphatic hydroxyl groups is 1. The second-order valence-electron chi connectivity index (χ2n) is 10.0. The van der Waals surface area contributed by atoms with Crippen molar-refractivity contribution in [3.05, 3.63) is 36.5 Å². The summed E-state index contributed by atoms with van der Waals surface area (Å²) in [5.41, 5.74) is -2.88. The van der Waals surface area contributed by atoms with E-state index in [9.17, 15) is 24.3 Å². The maximum absolute atomic E-state index is 12.8. The van der Waals surface area contributed by atoms with Gasteiger partial charge in [-0.3, -0.25) is 19.2 Å². The molecule has 10 heteroatoms. The standard InChI is InChI=1S/C26H33ClO9/c1-12-8-9-19(34-16(5)29)25(7)11-10-18(33-15(4)28)13(2)20(25)22(35-17(6)30)26(32)14(3)24(31)36-23(26)21(12)27/h8-11,13-14,18-23,32H,1H2,2-7H3. The molecule has 0 aromatic carbocycles. The van der Waals surface area contributed by atoms with Gasteiger partial charge in [-0.05, 0) is 24.6 Å². The van der Waals surface area contributed by atoms with Crippen LogP contribution in [0.5, 0.6) is 0 Å². The van der Waals surface area contributed by atoms with E-state index in [1.807, 2.05) is 0 Å². The summed E-state index contributed by atoms with van der Waals surface area (Å²) >= 11 is 6.67. The second-order valence-corrected chi connectivity index (χ2v) is 10.5. The van der Waals surface area contributed by atoms with Crippen LogP contribution in [-0.2, 0) is 38.1 Å². The molecule has 10 atom stereocenters. The van der Waals surface area contributed by atoms with Crippen LogP contribution in [0, 0.1) is 23.2 Å². The Morgan fingerprint density at radius 3 is 2.19 bits per heavy atom. The third-order valence-electron chi connectivity index (χ3n) is 7.58. The Morgan fingerprint density at radius 1 is 1.06 bits per heavy atom. The number of esters is 4. The highest BCUT2D eigenvalue weighted by Crippen LogP contribution is 2.54. The Bertz CT molecular complexity index is 1020. The van der Waals surface area contributed by atoms with E-state index in [1.54, 1.807) is 38.2 Å². The van der Waals surface area contributed by atoms with Crippen molar-refractivity contribution >= 4 is 35.5 Å². The maximum Gasteiger partial charge on any atom is 0.312 e. The van der Waals surface area contributed by atoms with E-state index in [-0.39, 0.29) is 0 Å². The van der Waals surface area contributed by atoms with Crippen molar-refractivity contribution in [2.45, 2.75) is 76.9 Å². The van der Waals surface area contributed by atoms with E-state index in [0.29, 0.717) is 5.57 Å². The highest BCUT2D eigenvalue weighted by Gasteiger charge is 2.67. The monoisotopic (exact) mass is 524 g/mol. The smallest absolute Gasteiger partial charge is 0.312 e. The number of fused-ring (bicyclic) bond motifs is 2. The minimum Gasteiger partial charge on any atom is -0.459 e. The summed E-state index contributed by atoms with van der Waals surface area (Å²) in [4.78, 5) is 49.2. The number of alkyl halides is 1. The molecular formula is C26H33ClO9. The van der Waals surface area contributed by atoms with Crippen molar-refractivity contribution in [3.8, 4) is 0 Å². The van der Waals surface area contributed by atoms with Crippen LogP contribution in [0.1, 0.15) is 41.5 Å². The van der Waals surface area contributed by atoms with Gasteiger partial charge < -0.3 is 24.1 Å². The zero-order valence-corrected chi connectivity index (χ0v) is 22.0. The molecule has 0 bridgehead atoms. The van der Waals surface area contributed by atoms with E-state index in [2.05, 4.69) is 6.58 Å². The highest BCUT2D eigenvalue weighted by atomic mass is 35.5. The molecule has 3 rings (SSSR count). The van der Waals surface area contributed by atoms with Gasteiger partial charge in [0.25, 0.3) is 0 Å². The molecule has 1 heterocycles. The number of ether oxygens (including phenoxy) is 4. The van der Waals surface area contributed by atoms with E-state index < -0.39 is 82.4 Å². The molecule has 1 saturated heterocycles. The Balaban J connectivity index is 2.35. The first kappa shape index (κ1) is 27.9. The van der Waals surface area contributed by atoms with Gasteiger partial charge in [0.2, 0.25) is 0 Å². The molecule has 198 valence electrons. The van der Waals surface area contributed by atoms with Crippen molar-refractivity contribution in [2.24, 2.45) is 23.2 Å². The van der Waals surface area contributed by atoms with Gasteiger partial charge in [0.05, 0.1) is 11.3 Å². The first-order chi connectivity index (χ1) is 16.6. The summed E-state index contributed by atoms with van der Waals surface area (Å²) in [5, 5.41) is 11.2. The zero-order valence-electron chi connectivity index (χ0n) is 21.2. The number of halogens is 1. The van der Waals surface area contributed by atoms with Gasteiger partial charge in [-0.2, -0.15) is 0 Å². The molecule has 0 radical (unpaired) electrons. The fourth-order valence-corrected chi connectivity index (χ4v) is 6.05. The summed E-state index contributed by atoms with van der Waals surface area (Å²) in [6.07, 6.45) is 2.25. The van der Waals surface area contributed by atoms with Crippen LogP contribution in [0.15, 0.2) is 36.5 Å². The number of allylic oxidation sites excluding steroid dienone is 1. The van der Waals surface area contributed by atoms with Crippen molar-refractivity contribution in [2.75, 3.05) is 0 Å². The number of rotatable bonds is 3. The quantitative estimate of drug-likeness (QED) is 0.256. The molecule has 0 aromatic rings. The lowest BCUT2D eigenvalue weighted by Gasteiger charge is -2.53. The van der Waals surface area contributed by atoms with E-state index in [4.69, 9.17) is 30.5 Å². The van der Waals surface area contributed by atoms with E-state index >= 15 is 0 Å². The van der Waals surface area contributed by atoms with Gasteiger partial charge in [0.1, 0.15) is 18.3 Å². The molecule has 10 unspecified atom stereocenters. The predicted octanol–water partition coefficient (Wildman–Crippen LogP) is 2.64. The van der Waals surface area contributed by atoms with Gasteiger partial charge in [0, 0.05) is 38.0 Å². The fourth-order valence-electron chi connectivity index (χ4n) is 5.73. The summed E-state index contributed by atoms with van der Waals surface area (Å²) < 4.78 is 22.6. The first-order valence-electron chi connectivity index (χ1n) is 11.8. The van der Waals surface area contributed by atoms with Gasteiger partial charge in [0.15, 0.2) is 11.7 Å². The fraction of sp³-hybridized carbons (Fsp3) is 0.615. The van der Waals surface area contributed by atoms with Crippen molar-refractivity contribution in [1.29, 1.82) is 0 Å². The number of hydrogen-bond acceptors (Lipinski definition) is 9. The third kappa shape index (κ3) is 4.70. The number of carbonyl (C=O) groups excluding carboxylic acids is 4. The predicted molar refractivity (Wildman–Crippen MR) is 128 cm³/mol. The van der Waals surface area contributed by atoms with Crippen molar-refractivity contribution in [1.82, 2.24) is 0 Å². The molecule has 1 N–H and O–H groups in total. The van der Waals surface area contributed by atoms with Crippen molar-refractivity contribution < 1.29 is 43.2 Å². The Kier molecular flexibility index (Phi) is 7.77. The summed E-state index contributed by atoms with van der Waals surface area (Å²) in [6, 6.07) is 0. The molecule has 36 heavy (non-hydrogen) atoms. The lowest BCUT2D eigenvalue weighted by molar-refractivity contribution is -0.211. The molecule has 1 aliphatic heterocycles. The molecule has 1 fully saturated rings. The van der Waals surface area contributed by atoms with E-state index in [1.165, 1.54) is 27.7 Å². The van der Waals surface area contributed by atoms with Crippen LogP contribution in [0.25, 0.3) is 0 Å². The first-order valence-corrected chi connectivity index (χ1v) is 12.2. The minimum atomic E-state index is -2.09. The van der Waals surface area contributed by atoms with Crippen LogP contribution in [0.2, 0.25) is 0 Å². The molecule has 0 amide bonds. The molecule has 9 nitrogen and oxygen atoms in total. The zero-order chi connectivity index (χ0) is 27.2. The van der Waals surface area contributed by atoms with Crippen LogP contribution in [-0.4, -0.2) is 64.4 Å². The molecule has 0 aromatic heterocycles. The van der Waals surface area contributed by atoms with E-state index in [0.717, 1.165) is 0 Å². The van der Waals surface area contributed by atoms with Crippen LogP contribution < -0.4 is 0 Å². The molecule has 0 saturated carbocycles. The summed E-state index contributed by atoms with van der Waals surface area (Å²) in [5.74, 6) is -5.05. The lowest BCUT2D eigenvalue weighted by atomic mass is 9.56. The van der Waals surface area contributed by atoms with Crippen LogP contribution in [0.3, 0.4) is 0 Å². The third-order valence-corrected chi connectivity index (χ3v) is 8.09. The molecule has 0 spiro atoms. The molecular weight excluding hydrogens is 492 g/mol. The van der Waals surface area contributed by atoms with Crippen LogP contribution in [0.4, 0.5) is 0 Å². The average Bonchev–Trinajstić information content (AvgIpc) is 3.00. The summed E-state index contributed by atoms with van der Waals surface area (Å²) in [6.45, 7) is 12.7. The largest absolute Gasteiger partial charge is 0.459 e. The Morgan fingerprint density at radius 2 is 1.64 bits per heavy atom. The minimum absolute atomic E-state index is 0.299. The van der Waals surface area contributed by atoms with Crippen LogP contribution >= 0.6 is 11.6 Å². The normalized spacial score (nSPS) is 42.0. The Labute approximate surface area is 215 Å². The van der Waals surface area contributed by atoms with Gasteiger partial charge in [-0.15, -0.1) is 11.6 Å². The lowest BCUT2D eigenvalue weighted by Crippen LogP contribution is -2.65. The number of carbonyl (C=O) groups is 4. The highest BCUT2D eigenvalue weighted by molar-refractivity contribution is 6.23. The number of hydrogen-bond donors (Lipinski definition) is 1. The van der Waals surface area contributed by atoms with Gasteiger partial charge in [-0.1, -0.05) is 32.6 Å². The maximum atomic E-state index is 12.8. The van der Waals surface area contributed by atoms with Gasteiger partial charge in [-0.25, -0.2) is 0 Å². The second kappa shape index (κ2) is 10.0. The average molecular weight is 525 g/mol. The van der Waals surface area contributed by atoms with Gasteiger partial charge >= 0.3 is 23.9 Å². The summed E-state index contributed by atoms with van der Waals surface area (Å²) in [7, 11) is 0. The molecule has 2 aliphatic carbocycles. The van der Waals surface area contributed by atoms with Crippen molar-refractivity contribution in [3.63, 3.8) is 0 Å². The topological polar surface area (TPSA) is 125 Å². The SMILES string of the molecule is C=C1C=CC(OC(C)=O)C2(C)C=CC(OC(C)=O)C(C)C2C(OC(C)=O)C2(O)C(C)C(=O)OC2C1Cl. The molecule has 3 aliphatic rings.